The molecule has 22 heavy (non-hydrogen) atoms. The Kier molecular flexibility index (Phi) is 6.49. The van der Waals surface area contributed by atoms with Crippen molar-refractivity contribution in [2.24, 2.45) is 16.6 Å². The first-order valence-corrected chi connectivity index (χ1v) is 8.70. The van der Waals surface area contributed by atoms with Gasteiger partial charge < -0.3 is 16.4 Å². The van der Waals surface area contributed by atoms with E-state index in [4.69, 9.17) is 5.73 Å². The second-order valence-corrected chi connectivity index (χ2v) is 6.52. The maximum absolute atomic E-state index is 11.0. The summed E-state index contributed by atoms with van der Waals surface area (Å²) in [5, 5.41) is 7.13. The zero-order valence-corrected chi connectivity index (χ0v) is 14.0. The van der Waals surface area contributed by atoms with E-state index < -0.39 is 0 Å². The van der Waals surface area contributed by atoms with Gasteiger partial charge in [-0.05, 0) is 38.5 Å². The number of nitrogens with two attached hydrogens (primary N) is 1. The van der Waals surface area contributed by atoms with Gasteiger partial charge in [0.15, 0.2) is 5.96 Å². The van der Waals surface area contributed by atoms with Crippen LogP contribution in [0.15, 0.2) is 4.99 Å². The summed E-state index contributed by atoms with van der Waals surface area (Å²) in [5.74, 6) is 1.54. The Morgan fingerprint density at radius 1 is 1.27 bits per heavy atom. The molecule has 126 valence electrons. The van der Waals surface area contributed by atoms with Gasteiger partial charge in [0.1, 0.15) is 0 Å². The first-order chi connectivity index (χ1) is 10.6. The number of carbonyl (C=O) groups excluding carboxylic acids is 1. The maximum atomic E-state index is 11.0. The summed E-state index contributed by atoms with van der Waals surface area (Å²) >= 11 is 0. The van der Waals surface area contributed by atoms with E-state index in [2.05, 4.69) is 34.4 Å². The highest BCUT2D eigenvalue weighted by atomic mass is 16.1. The molecule has 2 atom stereocenters. The predicted octanol–water partition coefficient (Wildman–Crippen LogP) is 0.680. The number of piperidine rings is 1. The number of nitrogens with zero attached hydrogens (tertiary/aromatic N) is 2. The van der Waals surface area contributed by atoms with Crippen molar-refractivity contribution >= 4 is 11.9 Å². The molecule has 4 N–H and O–H groups in total. The third-order valence-electron chi connectivity index (χ3n) is 4.53. The normalized spacial score (nSPS) is 26.7. The molecule has 6 nitrogen and oxygen atoms in total. The quantitative estimate of drug-likeness (QED) is 0.477. The van der Waals surface area contributed by atoms with Gasteiger partial charge in [0.2, 0.25) is 5.91 Å². The van der Waals surface area contributed by atoms with Gasteiger partial charge in [-0.25, -0.2) is 0 Å². The maximum Gasteiger partial charge on any atom is 0.231 e. The number of carbonyl (C=O) groups is 1. The Bertz CT molecular complexity index is 390. The second kappa shape index (κ2) is 8.36. The highest BCUT2D eigenvalue weighted by Crippen LogP contribution is 2.34. The van der Waals surface area contributed by atoms with Gasteiger partial charge in [0.05, 0.1) is 6.54 Å². The number of nitrogens with one attached hydrogen (secondary N) is 2. The van der Waals surface area contributed by atoms with Crippen LogP contribution in [0, 0.1) is 5.92 Å². The van der Waals surface area contributed by atoms with Crippen LogP contribution in [0.3, 0.4) is 0 Å². The van der Waals surface area contributed by atoms with Crippen LogP contribution in [0.2, 0.25) is 0 Å². The van der Waals surface area contributed by atoms with Crippen LogP contribution in [0.1, 0.15) is 46.0 Å². The topological polar surface area (TPSA) is 82.8 Å². The smallest absolute Gasteiger partial charge is 0.231 e. The molecule has 2 aliphatic rings. The van der Waals surface area contributed by atoms with E-state index in [1.807, 2.05) is 0 Å². The molecule has 2 unspecified atom stereocenters. The van der Waals surface area contributed by atoms with Crippen LogP contribution in [0.5, 0.6) is 0 Å². The number of likely N-dealkylation sites (tertiary alicyclic amines) is 1. The first-order valence-electron chi connectivity index (χ1n) is 8.70. The van der Waals surface area contributed by atoms with Crippen LogP contribution in [-0.2, 0) is 4.79 Å². The van der Waals surface area contributed by atoms with Crippen molar-refractivity contribution in [3.63, 3.8) is 0 Å². The van der Waals surface area contributed by atoms with Crippen LogP contribution >= 0.6 is 0 Å². The fourth-order valence-corrected chi connectivity index (χ4v) is 3.23. The molecule has 0 aromatic carbocycles. The Hall–Kier alpha value is -1.30. The summed E-state index contributed by atoms with van der Waals surface area (Å²) in [6.45, 7) is 7.32. The number of guanidine groups is 1. The van der Waals surface area contributed by atoms with E-state index in [1.165, 1.54) is 19.3 Å². The SMILES string of the molecule is CCCC1CC1NC(=NCC)NC1CCN(CC(N)=O)CC1. The van der Waals surface area contributed by atoms with Gasteiger partial charge in [-0.1, -0.05) is 13.3 Å². The van der Waals surface area contributed by atoms with Crippen LogP contribution in [-0.4, -0.2) is 55.0 Å². The van der Waals surface area contributed by atoms with Crippen molar-refractivity contribution in [2.45, 2.75) is 58.0 Å². The Balaban J connectivity index is 1.73. The molecule has 1 aliphatic heterocycles. The Morgan fingerprint density at radius 2 is 2.00 bits per heavy atom. The minimum atomic E-state index is -0.239. The number of rotatable bonds is 7. The van der Waals surface area contributed by atoms with Gasteiger partial charge in [-0.3, -0.25) is 14.7 Å². The highest BCUT2D eigenvalue weighted by Gasteiger charge is 2.36. The minimum Gasteiger partial charge on any atom is -0.369 e. The summed E-state index contributed by atoms with van der Waals surface area (Å²) in [6.07, 6.45) is 5.90. The number of hydrogen-bond donors (Lipinski definition) is 3. The molecule has 0 bridgehead atoms. The molecule has 0 aromatic heterocycles. The van der Waals surface area contributed by atoms with Gasteiger partial charge in [-0.15, -0.1) is 0 Å². The number of hydrogen-bond acceptors (Lipinski definition) is 3. The van der Waals surface area contributed by atoms with E-state index in [0.29, 0.717) is 18.6 Å². The fourth-order valence-electron chi connectivity index (χ4n) is 3.23. The molecule has 1 amide bonds. The molecule has 0 radical (unpaired) electrons. The Labute approximate surface area is 133 Å². The van der Waals surface area contributed by atoms with Crippen molar-refractivity contribution in [1.29, 1.82) is 0 Å². The van der Waals surface area contributed by atoms with E-state index in [1.54, 1.807) is 0 Å². The van der Waals surface area contributed by atoms with Gasteiger partial charge >= 0.3 is 0 Å². The predicted molar refractivity (Wildman–Crippen MR) is 89.7 cm³/mol. The van der Waals surface area contributed by atoms with Gasteiger partial charge in [0, 0.05) is 31.7 Å². The molecule has 0 aromatic rings. The zero-order valence-electron chi connectivity index (χ0n) is 14.0. The lowest BCUT2D eigenvalue weighted by molar-refractivity contribution is -0.119. The standard InChI is InChI=1S/C16H31N5O/c1-3-5-12-10-14(12)20-16(18-4-2)19-13-6-8-21(9-7-13)11-15(17)22/h12-14H,3-11H2,1-2H3,(H2,17,22)(H2,18,19,20). The first kappa shape index (κ1) is 17.1. The molecule has 0 spiro atoms. The molecule has 6 heteroatoms. The lowest BCUT2D eigenvalue weighted by atomic mass is 10.1. The van der Waals surface area contributed by atoms with Crippen LogP contribution in [0.4, 0.5) is 0 Å². The molecule has 2 fully saturated rings. The number of primary amides is 1. The number of amides is 1. The summed E-state index contributed by atoms with van der Waals surface area (Å²) in [6, 6.07) is 1.04. The second-order valence-electron chi connectivity index (χ2n) is 6.52. The Morgan fingerprint density at radius 3 is 2.59 bits per heavy atom. The van der Waals surface area contributed by atoms with E-state index in [0.717, 1.165) is 44.4 Å². The third kappa shape index (κ3) is 5.48. The molecule has 1 saturated carbocycles. The molecular weight excluding hydrogens is 278 g/mol. The fraction of sp³-hybridized carbons (Fsp3) is 0.875. The number of aliphatic imine (C=N–C) groups is 1. The van der Waals surface area contributed by atoms with Gasteiger partial charge in [-0.2, -0.15) is 0 Å². The lowest BCUT2D eigenvalue weighted by Crippen LogP contribution is -2.50. The molecule has 1 aliphatic carbocycles. The van der Waals surface area contributed by atoms with E-state index >= 15 is 0 Å². The molecule has 2 rings (SSSR count). The van der Waals surface area contributed by atoms with Crippen LogP contribution < -0.4 is 16.4 Å². The average molecular weight is 309 g/mol. The van der Waals surface area contributed by atoms with Crippen LogP contribution in [0.25, 0.3) is 0 Å². The van der Waals surface area contributed by atoms with Crippen molar-refractivity contribution in [3.05, 3.63) is 0 Å². The van der Waals surface area contributed by atoms with Crippen molar-refractivity contribution < 1.29 is 4.79 Å². The summed E-state index contributed by atoms with van der Waals surface area (Å²) in [4.78, 5) is 17.7. The highest BCUT2D eigenvalue weighted by molar-refractivity contribution is 5.80. The summed E-state index contributed by atoms with van der Waals surface area (Å²) in [7, 11) is 0. The zero-order chi connectivity index (χ0) is 15.9. The lowest BCUT2D eigenvalue weighted by Gasteiger charge is -2.32. The third-order valence-corrected chi connectivity index (χ3v) is 4.53. The monoisotopic (exact) mass is 309 g/mol. The average Bonchev–Trinajstić information content (AvgIpc) is 3.19. The summed E-state index contributed by atoms with van der Waals surface area (Å²) in [5.41, 5.74) is 5.25. The molecule has 1 heterocycles. The summed E-state index contributed by atoms with van der Waals surface area (Å²) < 4.78 is 0. The molecule has 1 saturated heterocycles. The minimum absolute atomic E-state index is 0.239. The largest absolute Gasteiger partial charge is 0.369 e. The van der Waals surface area contributed by atoms with E-state index in [-0.39, 0.29) is 5.91 Å². The van der Waals surface area contributed by atoms with Crippen molar-refractivity contribution in [1.82, 2.24) is 15.5 Å². The van der Waals surface area contributed by atoms with Crippen molar-refractivity contribution in [3.8, 4) is 0 Å². The van der Waals surface area contributed by atoms with Crippen molar-refractivity contribution in [2.75, 3.05) is 26.2 Å². The molecular formula is C16H31N5O. The van der Waals surface area contributed by atoms with Gasteiger partial charge in [0.25, 0.3) is 0 Å². The van der Waals surface area contributed by atoms with E-state index in [9.17, 15) is 4.79 Å².